The highest BCUT2D eigenvalue weighted by atomic mass is 16.5. The predicted octanol–water partition coefficient (Wildman–Crippen LogP) is 2.67. The molecule has 0 spiro atoms. The van der Waals surface area contributed by atoms with Gasteiger partial charge in [0.1, 0.15) is 12.4 Å². The van der Waals surface area contributed by atoms with E-state index in [0.717, 1.165) is 11.1 Å². The molecule has 2 rings (SSSR count). The Hall–Kier alpha value is -2.37. The fraction of sp³-hybridized carbons (Fsp3) is 0.350. The third-order valence-electron chi connectivity index (χ3n) is 3.96. The minimum Gasteiger partial charge on any atom is -0.508 e. The lowest BCUT2D eigenvalue weighted by atomic mass is 9.93. The maximum Gasteiger partial charge on any atom is 0.186 e. The summed E-state index contributed by atoms with van der Waals surface area (Å²) in [7, 11) is 3.76. The summed E-state index contributed by atoms with van der Waals surface area (Å²) in [5.41, 5.74) is 1.83. The molecule has 3 N–H and O–H groups in total. The van der Waals surface area contributed by atoms with Crippen LogP contribution in [0.4, 0.5) is 0 Å². The van der Waals surface area contributed by atoms with Crippen LogP contribution in [0.15, 0.2) is 54.6 Å². The van der Waals surface area contributed by atoms with Gasteiger partial charge in [0, 0.05) is 6.54 Å². The van der Waals surface area contributed by atoms with Crippen LogP contribution < -0.4 is 0 Å². The molecule has 0 aliphatic carbocycles. The number of aliphatic hydroxyl groups is 1. The quantitative estimate of drug-likeness (QED) is 0.509. The van der Waals surface area contributed by atoms with Gasteiger partial charge in [0.25, 0.3) is 0 Å². The third kappa shape index (κ3) is 6.21. The van der Waals surface area contributed by atoms with Crippen molar-refractivity contribution in [3.05, 3.63) is 65.7 Å². The summed E-state index contributed by atoms with van der Waals surface area (Å²) in [4.78, 5) is 1.88. The van der Waals surface area contributed by atoms with Crippen molar-refractivity contribution < 1.29 is 14.9 Å². The lowest BCUT2D eigenvalue weighted by molar-refractivity contribution is 0.0914. The Labute approximate surface area is 149 Å². The second kappa shape index (κ2) is 9.20. The van der Waals surface area contributed by atoms with Crippen LogP contribution in [-0.2, 0) is 17.8 Å². The highest BCUT2D eigenvalue weighted by Crippen LogP contribution is 2.19. The molecule has 0 aromatic heterocycles. The van der Waals surface area contributed by atoms with Crippen molar-refractivity contribution in [2.45, 2.75) is 19.1 Å². The van der Waals surface area contributed by atoms with Crippen LogP contribution in [-0.4, -0.2) is 47.8 Å². The van der Waals surface area contributed by atoms with E-state index in [9.17, 15) is 10.2 Å². The molecule has 5 heteroatoms. The number of aromatic hydroxyl groups is 1. The molecule has 0 aliphatic heterocycles. The van der Waals surface area contributed by atoms with E-state index in [1.54, 1.807) is 18.2 Å². The molecule has 2 aromatic carbocycles. The van der Waals surface area contributed by atoms with Crippen molar-refractivity contribution in [2.75, 3.05) is 20.6 Å². The fourth-order valence-electron chi connectivity index (χ4n) is 2.68. The van der Waals surface area contributed by atoms with Crippen molar-refractivity contribution in [1.29, 1.82) is 5.41 Å². The molecule has 0 amide bonds. The zero-order chi connectivity index (χ0) is 18.2. The Morgan fingerprint density at radius 2 is 1.76 bits per heavy atom. The largest absolute Gasteiger partial charge is 0.508 e. The molecule has 0 heterocycles. The monoisotopic (exact) mass is 342 g/mol. The number of phenolic OH excluding ortho intramolecular Hbond substituents is 1. The van der Waals surface area contributed by atoms with Gasteiger partial charge in [0.05, 0.1) is 12.0 Å². The van der Waals surface area contributed by atoms with Gasteiger partial charge in [-0.15, -0.1) is 0 Å². The van der Waals surface area contributed by atoms with Crippen LogP contribution in [0.25, 0.3) is 0 Å². The minimum absolute atomic E-state index is 0.0570. The third-order valence-corrected chi connectivity index (χ3v) is 3.96. The number of ether oxygens (including phenoxy) is 1. The van der Waals surface area contributed by atoms with E-state index in [1.165, 1.54) is 0 Å². The Balaban J connectivity index is 2.08. The number of aliphatic hydroxyl groups excluding tert-OH is 1. The Morgan fingerprint density at radius 1 is 1.08 bits per heavy atom. The summed E-state index contributed by atoms with van der Waals surface area (Å²) in [5, 5.41) is 28.5. The molecule has 0 radical (unpaired) electrons. The van der Waals surface area contributed by atoms with E-state index in [2.05, 4.69) is 0 Å². The summed E-state index contributed by atoms with van der Waals surface area (Å²) >= 11 is 0. The van der Waals surface area contributed by atoms with Gasteiger partial charge in [-0.2, -0.15) is 0 Å². The summed E-state index contributed by atoms with van der Waals surface area (Å²) in [6.45, 7) is 0.728. The van der Waals surface area contributed by atoms with E-state index in [-0.39, 0.29) is 11.6 Å². The second-order valence-corrected chi connectivity index (χ2v) is 6.45. The molecular weight excluding hydrogens is 316 g/mol. The topological polar surface area (TPSA) is 76.8 Å². The van der Waals surface area contributed by atoms with Gasteiger partial charge >= 0.3 is 0 Å². The smallest absolute Gasteiger partial charge is 0.186 e. The molecule has 0 saturated heterocycles. The van der Waals surface area contributed by atoms with Gasteiger partial charge in [-0.05, 0) is 43.8 Å². The van der Waals surface area contributed by atoms with Gasteiger partial charge in [-0.3, -0.25) is 5.41 Å². The van der Waals surface area contributed by atoms with Crippen molar-refractivity contribution in [3.63, 3.8) is 0 Å². The maximum absolute atomic E-state index is 10.6. The summed E-state index contributed by atoms with van der Waals surface area (Å²) in [5.74, 6) is -0.246. The van der Waals surface area contributed by atoms with Crippen LogP contribution in [0, 0.1) is 11.3 Å². The molecule has 25 heavy (non-hydrogen) atoms. The van der Waals surface area contributed by atoms with E-state index in [1.807, 2.05) is 55.4 Å². The number of nitrogens with one attached hydrogen (secondary N) is 1. The summed E-state index contributed by atoms with van der Waals surface area (Å²) < 4.78 is 5.64. The molecule has 0 saturated carbocycles. The van der Waals surface area contributed by atoms with Gasteiger partial charge in [-0.25, -0.2) is 0 Å². The minimum atomic E-state index is -0.736. The van der Waals surface area contributed by atoms with Gasteiger partial charge < -0.3 is 19.8 Å². The number of rotatable bonds is 8. The van der Waals surface area contributed by atoms with Crippen LogP contribution in [0.2, 0.25) is 0 Å². The average molecular weight is 342 g/mol. The Bertz CT molecular complexity index is 674. The lowest BCUT2D eigenvalue weighted by Crippen LogP contribution is -2.38. The lowest BCUT2D eigenvalue weighted by Gasteiger charge is -2.26. The van der Waals surface area contributed by atoms with E-state index < -0.39 is 12.0 Å². The Morgan fingerprint density at radius 3 is 2.40 bits per heavy atom. The average Bonchev–Trinajstić information content (AvgIpc) is 2.58. The molecule has 5 nitrogen and oxygen atoms in total. The molecule has 1 unspecified atom stereocenters. The van der Waals surface area contributed by atoms with Crippen LogP contribution >= 0.6 is 0 Å². The standard InChI is InChI=1S/C20H26N2O3/c1-22(2)13-19(24)18(12-16-9-6-10-17(23)11-16)20(21)25-14-15-7-4-3-5-8-15/h3-11,18-19,21,23-24H,12-14H2,1-2H3/t18-,19?/m1/s1. The van der Waals surface area contributed by atoms with Gasteiger partial charge in [-0.1, -0.05) is 42.5 Å². The van der Waals surface area contributed by atoms with E-state index in [0.29, 0.717) is 19.6 Å². The number of hydrogen-bond acceptors (Lipinski definition) is 5. The van der Waals surface area contributed by atoms with Crippen LogP contribution in [0.3, 0.4) is 0 Å². The van der Waals surface area contributed by atoms with E-state index >= 15 is 0 Å². The summed E-state index contributed by atoms with van der Waals surface area (Å²) in [6.07, 6.45) is -0.308. The first kappa shape index (κ1) is 19.0. The number of hydrogen-bond donors (Lipinski definition) is 3. The van der Waals surface area contributed by atoms with Crippen LogP contribution in [0.5, 0.6) is 5.75 Å². The molecule has 134 valence electrons. The number of likely N-dealkylation sites (N-methyl/N-ethyl adjacent to an activating group) is 1. The van der Waals surface area contributed by atoms with Crippen molar-refractivity contribution in [3.8, 4) is 5.75 Å². The molecule has 0 aliphatic rings. The van der Waals surface area contributed by atoms with Gasteiger partial charge in [0.2, 0.25) is 0 Å². The highest BCUT2D eigenvalue weighted by Gasteiger charge is 2.26. The molecule has 2 atom stereocenters. The second-order valence-electron chi connectivity index (χ2n) is 6.45. The van der Waals surface area contributed by atoms with Gasteiger partial charge in [0.15, 0.2) is 5.90 Å². The first-order chi connectivity index (χ1) is 12.0. The molecule has 0 fully saturated rings. The van der Waals surface area contributed by atoms with Crippen molar-refractivity contribution >= 4 is 5.90 Å². The number of nitrogens with zero attached hydrogens (tertiary/aromatic N) is 1. The first-order valence-electron chi connectivity index (χ1n) is 8.31. The zero-order valence-electron chi connectivity index (χ0n) is 14.7. The molecular formula is C20H26N2O3. The predicted molar refractivity (Wildman–Crippen MR) is 98.8 cm³/mol. The zero-order valence-corrected chi connectivity index (χ0v) is 14.7. The first-order valence-corrected chi connectivity index (χ1v) is 8.31. The number of benzene rings is 2. The molecule has 0 bridgehead atoms. The van der Waals surface area contributed by atoms with Crippen molar-refractivity contribution in [1.82, 2.24) is 4.90 Å². The van der Waals surface area contributed by atoms with Crippen molar-refractivity contribution in [2.24, 2.45) is 5.92 Å². The van der Waals surface area contributed by atoms with Crippen LogP contribution in [0.1, 0.15) is 11.1 Å². The maximum atomic E-state index is 10.6. The fourth-order valence-corrected chi connectivity index (χ4v) is 2.68. The Kier molecular flexibility index (Phi) is 6.98. The van der Waals surface area contributed by atoms with E-state index in [4.69, 9.17) is 10.1 Å². The normalized spacial score (nSPS) is 13.4. The summed E-state index contributed by atoms with van der Waals surface area (Å²) in [6, 6.07) is 16.5. The highest BCUT2D eigenvalue weighted by molar-refractivity contribution is 5.76. The molecule has 2 aromatic rings. The number of phenols is 1. The SMILES string of the molecule is CN(C)CC(O)[C@@H](Cc1cccc(O)c1)C(=N)OCc1ccccc1.